The number of aromatic nitrogens is 4. The molecule has 0 amide bonds. The maximum absolute atomic E-state index is 12.1. The monoisotopic (exact) mass is 495 g/mol. The van der Waals surface area contributed by atoms with E-state index in [2.05, 4.69) is 15.0 Å². The molecule has 1 atom stereocenters. The number of hydrogen-bond acceptors (Lipinski definition) is 11. The lowest BCUT2D eigenvalue weighted by molar-refractivity contribution is -0.111. The maximum Gasteiger partial charge on any atom is 0.508 e. The first-order valence-electron chi connectivity index (χ1n) is 11.4. The third-order valence-electron chi connectivity index (χ3n) is 5.59. The highest BCUT2D eigenvalue weighted by Crippen LogP contribution is 2.59. The van der Waals surface area contributed by atoms with Gasteiger partial charge in [-0.05, 0) is 39.5 Å². The smallest absolute Gasteiger partial charge is 0.432 e. The number of rotatable bonds is 10. The van der Waals surface area contributed by atoms with Crippen LogP contribution in [0.1, 0.15) is 48.0 Å². The van der Waals surface area contributed by atoms with Crippen LogP contribution in [0.2, 0.25) is 0 Å². The van der Waals surface area contributed by atoms with Crippen LogP contribution in [0.5, 0.6) is 0 Å². The predicted octanol–water partition coefficient (Wildman–Crippen LogP) is 2.38. The Morgan fingerprint density at radius 2 is 1.66 bits per heavy atom. The lowest BCUT2D eigenvalue weighted by Crippen LogP contribution is -2.38. The number of nitrogen functional groups attached to an aromatic ring is 1. The molecule has 1 saturated carbocycles. The van der Waals surface area contributed by atoms with E-state index in [1.165, 1.54) is 6.33 Å². The van der Waals surface area contributed by atoms with Gasteiger partial charge in [0.15, 0.2) is 11.2 Å². The van der Waals surface area contributed by atoms with E-state index in [4.69, 9.17) is 29.4 Å². The maximum atomic E-state index is 12.1. The number of fused-ring (bicyclic) bond motifs is 1. The molecule has 0 radical (unpaired) electrons. The molecule has 194 valence electrons. The van der Waals surface area contributed by atoms with Crippen molar-refractivity contribution in [1.29, 1.82) is 0 Å². The van der Waals surface area contributed by atoms with E-state index < -0.39 is 29.6 Å². The Labute approximate surface area is 202 Å². The fraction of sp³-hybridized carbons (Fsp3) is 0.682. The van der Waals surface area contributed by atoms with Crippen molar-refractivity contribution in [3.63, 3.8) is 0 Å². The highest BCUT2D eigenvalue weighted by molar-refractivity contribution is 5.70. The topological polar surface area (TPSA) is 170 Å². The minimum absolute atomic E-state index is 0.0266. The van der Waals surface area contributed by atoms with Crippen LogP contribution in [-0.2, 0) is 30.2 Å². The Kier molecular flexibility index (Phi) is 7.58. The summed E-state index contributed by atoms with van der Waals surface area (Å²) < 4.78 is 28.5. The van der Waals surface area contributed by atoms with Crippen molar-refractivity contribution in [2.24, 2.45) is 5.41 Å². The second-order valence-electron chi connectivity index (χ2n) is 9.75. The molecule has 2 aromatic rings. The van der Waals surface area contributed by atoms with Gasteiger partial charge in [-0.1, -0.05) is 13.8 Å². The van der Waals surface area contributed by atoms with Crippen LogP contribution in [0, 0.1) is 5.41 Å². The van der Waals surface area contributed by atoms with Crippen molar-refractivity contribution < 1.29 is 33.3 Å². The van der Waals surface area contributed by atoms with Gasteiger partial charge >= 0.3 is 12.3 Å². The average molecular weight is 496 g/mol. The van der Waals surface area contributed by atoms with E-state index >= 15 is 0 Å². The molecule has 1 aliphatic rings. The minimum atomic E-state index is -0.859. The molecule has 13 nitrogen and oxygen atoms in total. The summed E-state index contributed by atoms with van der Waals surface area (Å²) in [6, 6.07) is 0. The first kappa shape index (κ1) is 26.3. The Morgan fingerprint density at radius 1 is 1.11 bits per heavy atom. The number of nitrogens with two attached hydrogens (primary N) is 1. The summed E-state index contributed by atoms with van der Waals surface area (Å²) in [4.78, 5) is 46.8. The Bertz CT molecular complexity index is 1100. The lowest BCUT2D eigenvalue weighted by Gasteiger charge is -2.28. The third-order valence-corrected chi connectivity index (χ3v) is 5.59. The number of carbonyl (C=O) groups excluding carboxylic acids is 2. The number of ether oxygens (including phenoxy) is 5. The standard InChI is InChI=1S/C22H33N5O8/c1-12(2)33-19(29)31-7-14(8-32-20(30)34-13(3)4)35-22(9-21(22,5)6)10-27-11-24-15-16(27)25-18(23)26-17(15)28/h11-14H,7-10H2,1-6H3,(H3,23,25,26,28). The number of nitrogens with zero attached hydrogens (tertiary/aromatic N) is 3. The van der Waals surface area contributed by atoms with Gasteiger partial charge in [-0.2, -0.15) is 4.98 Å². The molecule has 3 N–H and O–H groups in total. The number of imidazole rings is 1. The molecule has 2 heterocycles. The summed E-state index contributed by atoms with van der Waals surface area (Å²) in [5.74, 6) is -0.0266. The van der Waals surface area contributed by atoms with E-state index in [1.807, 2.05) is 13.8 Å². The molecule has 1 fully saturated rings. The summed E-state index contributed by atoms with van der Waals surface area (Å²) >= 11 is 0. The van der Waals surface area contributed by atoms with Crippen molar-refractivity contribution >= 4 is 29.4 Å². The molecular weight excluding hydrogens is 462 g/mol. The van der Waals surface area contributed by atoms with Gasteiger partial charge in [-0.15, -0.1) is 0 Å². The molecule has 35 heavy (non-hydrogen) atoms. The number of aromatic amines is 1. The second kappa shape index (κ2) is 10.1. The first-order chi connectivity index (χ1) is 16.3. The van der Waals surface area contributed by atoms with Crippen molar-refractivity contribution in [2.45, 2.75) is 78.4 Å². The molecular formula is C22H33N5O8. The number of carbonyl (C=O) groups is 2. The quantitative estimate of drug-likeness (QED) is 0.464. The largest absolute Gasteiger partial charge is 0.508 e. The van der Waals surface area contributed by atoms with E-state index in [1.54, 1.807) is 32.3 Å². The molecule has 0 aliphatic heterocycles. The molecule has 0 spiro atoms. The van der Waals surface area contributed by atoms with Gasteiger partial charge in [0.1, 0.15) is 19.3 Å². The molecule has 13 heteroatoms. The zero-order chi connectivity index (χ0) is 26.0. The van der Waals surface area contributed by atoms with Crippen LogP contribution in [0.4, 0.5) is 15.5 Å². The van der Waals surface area contributed by atoms with Gasteiger partial charge < -0.3 is 34.0 Å². The Balaban J connectivity index is 1.79. The highest BCUT2D eigenvalue weighted by atomic mass is 16.7. The van der Waals surface area contributed by atoms with Crippen molar-refractivity contribution in [2.75, 3.05) is 18.9 Å². The van der Waals surface area contributed by atoms with Crippen LogP contribution in [0.3, 0.4) is 0 Å². The minimum Gasteiger partial charge on any atom is -0.432 e. The molecule has 0 saturated heterocycles. The lowest BCUT2D eigenvalue weighted by atomic mass is 10.1. The van der Waals surface area contributed by atoms with Gasteiger partial charge in [0, 0.05) is 0 Å². The van der Waals surface area contributed by atoms with Crippen molar-refractivity contribution in [1.82, 2.24) is 19.5 Å². The van der Waals surface area contributed by atoms with Gasteiger partial charge in [-0.3, -0.25) is 9.78 Å². The second-order valence-corrected chi connectivity index (χ2v) is 9.75. The van der Waals surface area contributed by atoms with E-state index in [-0.39, 0.29) is 48.8 Å². The Morgan fingerprint density at radius 3 is 2.14 bits per heavy atom. The molecule has 0 aromatic carbocycles. The highest BCUT2D eigenvalue weighted by Gasteiger charge is 2.64. The fourth-order valence-electron chi connectivity index (χ4n) is 3.75. The number of H-pyrrole nitrogens is 1. The number of anilines is 1. The summed E-state index contributed by atoms with van der Waals surface area (Å²) in [6.07, 6.45) is -1.11. The molecule has 0 bridgehead atoms. The summed E-state index contributed by atoms with van der Waals surface area (Å²) in [5.41, 5.74) is 4.71. The van der Waals surface area contributed by atoms with E-state index in [0.29, 0.717) is 12.1 Å². The summed E-state index contributed by atoms with van der Waals surface area (Å²) in [5, 5.41) is 0. The van der Waals surface area contributed by atoms with Crippen LogP contribution >= 0.6 is 0 Å². The fourth-order valence-corrected chi connectivity index (χ4v) is 3.75. The average Bonchev–Trinajstić information content (AvgIpc) is 3.03. The number of hydrogen-bond donors (Lipinski definition) is 2. The van der Waals surface area contributed by atoms with E-state index in [0.717, 1.165) is 0 Å². The predicted molar refractivity (Wildman–Crippen MR) is 124 cm³/mol. The van der Waals surface area contributed by atoms with E-state index in [9.17, 15) is 14.4 Å². The molecule has 1 unspecified atom stereocenters. The molecule has 2 aromatic heterocycles. The Hall–Kier alpha value is -3.35. The van der Waals surface area contributed by atoms with Gasteiger partial charge in [0.2, 0.25) is 5.95 Å². The first-order valence-corrected chi connectivity index (χ1v) is 11.4. The molecule has 1 aliphatic carbocycles. The third kappa shape index (κ3) is 6.41. The van der Waals surface area contributed by atoms with Crippen molar-refractivity contribution in [3.05, 3.63) is 16.7 Å². The van der Waals surface area contributed by atoms with Crippen molar-refractivity contribution in [3.8, 4) is 0 Å². The van der Waals surface area contributed by atoms with Gasteiger partial charge in [0.05, 0.1) is 30.7 Å². The van der Waals surface area contributed by atoms with Crippen LogP contribution in [0.25, 0.3) is 11.2 Å². The van der Waals surface area contributed by atoms with Gasteiger partial charge in [-0.25, -0.2) is 14.6 Å². The van der Waals surface area contributed by atoms with Gasteiger partial charge in [0.25, 0.3) is 5.56 Å². The zero-order valence-corrected chi connectivity index (χ0v) is 20.8. The normalized spacial score (nSPS) is 18.8. The summed E-state index contributed by atoms with van der Waals surface area (Å²) in [7, 11) is 0. The summed E-state index contributed by atoms with van der Waals surface area (Å²) in [6.45, 7) is 10.7. The molecule has 3 rings (SSSR count). The van der Waals surface area contributed by atoms with Crippen LogP contribution in [-0.4, -0.2) is 69.0 Å². The number of nitrogens with one attached hydrogen (secondary N) is 1. The van der Waals surface area contributed by atoms with Crippen LogP contribution in [0.15, 0.2) is 11.1 Å². The SMILES string of the molecule is CC(C)OC(=O)OCC(COC(=O)OC(C)C)OC1(Cn2cnc3c(=O)[nH]c(N)nc32)CC1(C)C. The van der Waals surface area contributed by atoms with Crippen LogP contribution < -0.4 is 11.3 Å². The zero-order valence-electron chi connectivity index (χ0n) is 20.8.